The number of nitrogens with one attached hydrogen (secondary N) is 2. The number of hydrogen-bond donors (Lipinski definition) is 3. The van der Waals surface area contributed by atoms with Crippen molar-refractivity contribution >= 4 is 28.6 Å². The van der Waals surface area contributed by atoms with Crippen molar-refractivity contribution in [2.75, 3.05) is 17.7 Å². The van der Waals surface area contributed by atoms with Crippen LogP contribution in [-0.2, 0) is 4.79 Å². The summed E-state index contributed by atoms with van der Waals surface area (Å²) in [5.41, 5.74) is 7.89. The Bertz CT molecular complexity index is 749. The van der Waals surface area contributed by atoms with E-state index in [9.17, 15) is 4.79 Å². The molecule has 0 spiro atoms. The lowest BCUT2D eigenvalue weighted by atomic mass is 10.3. The molecular formula is C15H14N4O2. The molecule has 0 aliphatic rings. The molecule has 6 nitrogen and oxygen atoms in total. The van der Waals surface area contributed by atoms with Crippen LogP contribution in [0.5, 0.6) is 5.75 Å². The molecule has 1 heterocycles. The smallest absolute Gasteiger partial charge is 0.264 e. The lowest BCUT2D eigenvalue weighted by Gasteiger charge is -2.06. The maximum absolute atomic E-state index is 11.8. The molecule has 0 unspecified atom stereocenters. The van der Waals surface area contributed by atoms with E-state index in [4.69, 9.17) is 10.5 Å². The van der Waals surface area contributed by atoms with Gasteiger partial charge in [-0.05, 0) is 24.3 Å². The Labute approximate surface area is 120 Å². The van der Waals surface area contributed by atoms with Crippen molar-refractivity contribution in [2.45, 2.75) is 0 Å². The molecule has 0 aliphatic carbocycles. The molecule has 0 saturated carbocycles. The SMILES string of the molecule is Nc1cccc(OCC(=O)Nc2nc3ccccc3[nH]2)c1. The number of ether oxygens (including phenoxy) is 1. The number of fused-ring (bicyclic) bond motifs is 1. The summed E-state index contributed by atoms with van der Waals surface area (Å²) in [7, 11) is 0. The molecule has 2 aromatic carbocycles. The highest BCUT2D eigenvalue weighted by atomic mass is 16.5. The first kappa shape index (κ1) is 13.0. The molecule has 21 heavy (non-hydrogen) atoms. The first-order valence-corrected chi connectivity index (χ1v) is 6.44. The van der Waals surface area contributed by atoms with Crippen molar-refractivity contribution in [1.29, 1.82) is 0 Å². The van der Waals surface area contributed by atoms with Crippen molar-refractivity contribution in [3.63, 3.8) is 0 Å². The number of nitrogens with two attached hydrogens (primary N) is 1. The lowest BCUT2D eigenvalue weighted by Crippen LogP contribution is -2.20. The van der Waals surface area contributed by atoms with Crippen LogP contribution in [0.2, 0.25) is 0 Å². The van der Waals surface area contributed by atoms with Gasteiger partial charge in [0.2, 0.25) is 5.95 Å². The predicted octanol–water partition coefficient (Wildman–Crippen LogP) is 2.16. The highest BCUT2D eigenvalue weighted by molar-refractivity contribution is 5.92. The summed E-state index contributed by atoms with van der Waals surface area (Å²) >= 11 is 0. The standard InChI is InChI=1S/C15H14N4O2/c16-10-4-3-5-11(8-10)21-9-14(20)19-15-17-12-6-1-2-7-13(12)18-15/h1-8H,9,16H2,(H2,17,18,19,20). The van der Waals surface area contributed by atoms with E-state index in [1.54, 1.807) is 24.3 Å². The molecule has 0 atom stereocenters. The Hall–Kier alpha value is -3.02. The highest BCUT2D eigenvalue weighted by Gasteiger charge is 2.07. The molecule has 0 aliphatic heterocycles. The molecule has 1 amide bonds. The zero-order chi connectivity index (χ0) is 14.7. The van der Waals surface area contributed by atoms with Crippen LogP contribution < -0.4 is 15.8 Å². The third-order valence-corrected chi connectivity index (χ3v) is 2.88. The third-order valence-electron chi connectivity index (χ3n) is 2.88. The number of rotatable bonds is 4. The van der Waals surface area contributed by atoms with Gasteiger partial charge in [-0.3, -0.25) is 10.1 Å². The number of aromatic amines is 1. The number of aromatic nitrogens is 2. The number of carbonyl (C=O) groups is 1. The Balaban J connectivity index is 1.61. The van der Waals surface area contributed by atoms with E-state index in [0.717, 1.165) is 11.0 Å². The van der Waals surface area contributed by atoms with E-state index in [1.807, 2.05) is 24.3 Å². The lowest BCUT2D eigenvalue weighted by molar-refractivity contribution is -0.118. The fourth-order valence-corrected chi connectivity index (χ4v) is 1.93. The van der Waals surface area contributed by atoms with Gasteiger partial charge in [-0.25, -0.2) is 4.98 Å². The van der Waals surface area contributed by atoms with Gasteiger partial charge in [0.25, 0.3) is 5.91 Å². The van der Waals surface area contributed by atoms with Crippen molar-refractivity contribution < 1.29 is 9.53 Å². The van der Waals surface area contributed by atoms with Gasteiger partial charge in [-0.1, -0.05) is 18.2 Å². The number of carbonyl (C=O) groups excluding carboxylic acids is 1. The van der Waals surface area contributed by atoms with Gasteiger partial charge in [0.1, 0.15) is 5.75 Å². The molecule has 3 rings (SSSR count). The molecule has 1 aromatic heterocycles. The zero-order valence-corrected chi connectivity index (χ0v) is 11.2. The second-order valence-electron chi connectivity index (χ2n) is 4.51. The van der Waals surface area contributed by atoms with Crippen LogP contribution in [0.1, 0.15) is 0 Å². The van der Waals surface area contributed by atoms with E-state index in [0.29, 0.717) is 17.4 Å². The van der Waals surface area contributed by atoms with Crippen LogP contribution in [0.4, 0.5) is 11.6 Å². The van der Waals surface area contributed by atoms with E-state index in [2.05, 4.69) is 15.3 Å². The minimum atomic E-state index is -0.295. The van der Waals surface area contributed by atoms with Crippen LogP contribution in [0.25, 0.3) is 11.0 Å². The van der Waals surface area contributed by atoms with Crippen LogP contribution >= 0.6 is 0 Å². The van der Waals surface area contributed by atoms with Gasteiger partial charge in [0.15, 0.2) is 6.61 Å². The number of H-pyrrole nitrogens is 1. The second kappa shape index (κ2) is 5.54. The van der Waals surface area contributed by atoms with E-state index in [1.165, 1.54) is 0 Å². The summed E-state index contributed by atoms with van der Waals surface area (Å²) in [4.78, 5) is 19.1. The molecule has 0 saturated heterocycles. The number of nitrogen functional groups attached to an aromatic ring is 1. The largest absolute Gasteiger partial charge is 0.484 e. The van der Waals surface area contributed by atoms with Crippen molar-refractivity contribution in [3.05, 3.63) is 48.5 Å². The molecule has 0 radical (unpaired) electrons. The monoisotopic (exact) mass is 282 g/mol. The quantitative estimate of drug-likeness (QED) is 0.639. The zero-order valence-electron chi connectivity index (χ0n) is 11.2. The average molecular weight is 282 g/mol. The molecule has 3 aromatic rings. The number of hydrogen-bond acceptors (Lipinski definition) is 4. The molecule has 6 heteroatoms. The highest BCUT2D eigenvalue weighted by Crippen LogP contribution is 2.15. The third kappa shape index (κ3) is 3.11. The van der Waals surface area contributed by atoms with Crippen LogP contribution in [-0.4, -0.2) is 22.5 Å². The predicted molar refractivity (Wildman–Crippen MR) is 81.1 cm³/mol. The summed E-state index contributed by atoms with van der Waals surface area (Å²) in [6, 6.07) is 14.5. The number of benzene rings is 2. The molecular weight excluding hydrogens is 268 g/mol. The maximum atomic E-state index is 11.8. The van der Waals surface area contributed by atoms with Gasteiger partial charge < -0.3 is 15.5 Å². The van der Waals surface area contributed by atoms with Crippen LogP contribution in [0, 0.1) is 0 Å². The fraction of sp³-hybridized carbons (Fsp3) is 0.0667. The summed E-state index contributed by atoms with van der Waals surface area (Å²) in [6.45, 7) is -0.111. The molecule has 0 fully saturated rings. The Kier molecular flexibility index (Phi) is 3.42. The first-order valence-electron chi connectivity index (χ1n) is 6.44. The van der Waals surface area contributed by atoms with Gasteiger partial charge in [-0.2, -0.15) is 0 Å². The number of anilines is 2. The number of nitrogens with zero attached hydrogens (tertiary/aromatic N) is 1. The average Bonchev–Trinajstić information content (AvgIpc) is 2.87. The van der Waals surface area contributed by atoms with Crippen LogP contribution in [0.15, 0.2) is 48.5 Å². The molecule has 4 N–H and O–H groups in total. The van der Waals surface area contributed by atoms with E-state index < -0.39 is 0 Å². The number of amides is 1. The molecule has 106 valence electrons. The Morgan fingerprint density at radius 3 is 2.90 bits per heavy atom. The summed E-state index contributed by atoms with van der Waals surface area (Å²) in [5, 5.41) is 2.65. The normalized spacial score (nSPS) is 10.5. The van der Waals surface area contributed by atoms with E-state index >= 15 is 0 Å². The summed E-state index contributed by atoms with van der Waals surface area (Å²) < 4.78 is 5.36. The number of para-hydroxylation sites is 2. The Morgan fingerprint density at radius 1 is 1.24 bits per heavy atom. The van der Waals surface area contributed by atoms with Crippen LogP contribution in [0.3, 0.4) is 0 Å². The summed E-state index contributed by atoms with van der Waals surface area (Å²) in [6.07, 6.45) is 0. The fourth-order valence-electron chi connectivity index (χ4n) is 1.93. The number of imidazole rings is 1. The first-order chi connectivity index (χ1) is 10.2. The van der Waals surface area contributed by atoms with Gasteiger partial charge >= 0.3 is 0 Å². The minimum Gasteiger partial charge on any atom is -0.484 e. The second-order valence-corrected chi connectivity index (χ2v) is 4.51. The minimum absolute atomic E-state index is 0.111. The topological polar surface area (TPSA) is 93.0 Å². The van der Waals surface area contributed by atoms with Gasteiger partial charge in [0, 0.05) is 11.8 Å². The van der Waals surface area contributed by atoms with Gasteiger partial charge in [-0.15, -0.1) is 0 Å². The maximum Gasteiger partial charge on any atom is 0.264 e. The summed E-state index contributed by atoms with van der Waals surface area (Å²) in [5.74, 6) is 0.656. The van der Waals surface area contributed by atoms with Crippen molar-refractivity contribution in [3.8, 4) is 5.75 Å². The van der Waals surface area contributed by atoms with Crippen molar-refractivity contribution in [2.24, 2.45) is 0 Å². The Morgan fingerprint density at radius 2 is 2.10 bits per heavy atom. The van der Waals surface area contributed by atoms with Gasteiger partial charge in [0.05, 0.1) is 11.0 Å². The van der Waals surface area contributed by atoms with E-state index in [-0.39, 0.29) is 12.5 Å². The molecule has 0 bridgehead atoms. The van der Waals surface area contributed by atoms with Crippen molar-refractivity contribution in [1.82, 2.24) is 9.97 Å².